The molecule has 0 aliphatic rings. The molecule has 1 atom stereocenters. The second-order valence-corrected chi connectivity index (χ2v) is 5.47. The number of hydrogen-bond donors (Lipinski definition) is 2. The monoisotopic (exact) mass is 336 g/mol. The summed E-state index contributed by atoms with van der Waals surface area (Å²) in [5.41, 5.74) is 0.907. The van der Waals surface area contributed by atoms with Crippen LogP contribution < -0.4 is 10.6 Å². The van der Waals surface area contributed by atoms with Crippen molar-refractivity contribution in [1.82, 2.24) is 10.6 Å². The first kappa shape index (κ1) is 18.0. The van der Waals surface area contributed by atoms with Crippen LogP contribution in [0.25, 0.3) is 0 Å². The lowest BCUT2D eigenvalue weighted by Crippen LogP contribution is -2.22. The number of benzene rings is 2. The van der Waals surface area contributed by atoms with Crippen molar-refractivity contribution in [2.45, 2.75) is 25.7 Å². The van der Waals surface area contributed by atoms with Crippen LogP contribution in [-0.4, -0.2) is 13.0 Å². The van der Waals surface area contributed by atoms with Gasteiger partial charge in [0.05, 0.1) is 5.56 Å². The van der Waals surface area contributed by atoms with Gasteiger partial charge in [0.25, 0.3) is 5.91 Å². The van der Waals surface area contributed by atoms with Crippen molar-refractivity contribution in [1.29, 1.82) is 0 Å². The smallest absolute Gasteiger partial charge is 0.355 e. The summed E-state index contributed by atoms with van der Waals surface area (Å²) >= 11 is 0. The number of hydrogen-bond acceptors (Lipinski definition) is 2. The number of alkyl halides is 3. The van der Waals surface area contributed by atoms with Gasteiger partial charge in [-0.3, -0.25) is 4.79 Å². The first-order valence-corrected chi connectivity index (χ1v) is 7.53. The van der Waals surface area contributed by atoms with E-state index in [-0.39, 0.29) is 11.5 Å². The number of rotatable bonds is 5. The Labute approximate surface area is 138 Å². The highest BCUT2D eigenvalue weighted by molar-refractivity contribution is 5.94. The quantitative estimate of drug-likeness (QED) is 0.869. The van der Waals surface area contributed by atoms with Gasteiger partial charge in [-0.25, -0.2) is 0 Å². The number of halogens is 3. The van der Waals surface area contributed by atoms with Crippen LogP contribution in [0.3, 0.4) is 0 Å². The zero-order chi connectivity index (χ0) is 17.7. The molecule has 2 aromatic carbocycles. The van der Waals surface area contributed by atoms with Crippen LogP contribution in [0.5, 0.6) is 0 Å². The Morgan fingerprint density at radius 1 is 1.12 bits per heavy atom. The topological polar surface area (TPSA) is 41.1 Å². The van der Waals surface area contributed by atoms with E-state index in [2.05, 4.69) is 10.6 Å². The van der Waals surface area contributed by atoms with Gasteiger partial charge in [-0.05, 0) is 36.2 Å². The predicted molar refractivity (Wildman–Crippen MR) is 86.5 cm³/mol. The molecular weight excluding hydrogens is 317 g/mol. The summed E-state index contributed by atoms with van der Waals surface area (Å²) in [4.78, 5) is 11.6. The Kier molecular flexibility index (Phi) is 5.62. The van der Waals surface area contributed by atoms with E-state index in [1.807, 2.05) is 6.07 Å². The molecule has 0 bridgehead atoms. The highest BCUT2D eigenvalue weighted by atomic mass is 19.4. The first-order chi connectivity index (χ1) is 11.3. The van der Waals surface area contributed by atoms with Crippen molar-refractivity contribution < 1.29 is 18.0 Å². The Bertz CT molecular complexity index is 713. The lowest BCUT2D eigenvalue weighted by Gasteiger charge is -2.19. The molecule has 2 N–H and O–H groups in total. The summed E-state index contributed by atoms with van der Waals surface area (Å²) in [6, 6.07) is 12.0. The lowest BCUT2D eigenvalue weighted by molar-refractivity contribution is -0.138. The fourth-order valence-electron chi connectivity index (χ4n) is 2.48. The molecule has 0 heterocycles. The van der Waals surface area contributed by atoms with Crippen LogP contribution >= 0.6 is 0 Å². The van der Waals surface area contributed by atoms with Crippen LogP contribution in [0.15, 0.2) is 48.5 Å². The van der Waals surface area contributed by atoms with Crippen molar-refractivity contribution in [3.8, 4) is 0 Å². The summed E-state index contributed by atoms with van der Waals surface area (Å²) in [5, 5.41) is 5.62. The van der Waals surface area contributed by atoms with E-state index >= 15 is 0 Å². The summed E-state index contributed by atoms with van der Waals surface area (Å²) < 4.78 is 39.2. The SMILES string of the molecule is CNC(=O)c1cccc(CN[C@@H](C)c2ccccc2C(F)(F)F)c1. The lowest BCUT2D eigenvalue weighted by atomic mass is 10.0. The molecule has 0 aliphatic heterocycles. The van der Waals surface area contributed by atoms with Gasteiger partial charge in [0.15, 0.2) is 0 Å². The third kappa shape index (κ3) is 4.35. The van der Waals surface area contributed by atoms with Crippen molar-refractivity contribution >= 4 is 5.91 Å². The van der Waals surface area contributed by atoms with E-state index in [4.69, 9.17) is 0 Å². The van der Waals surface area contributed by atoms with Crippen molar-refractivity contribution in [3.63, 3.8) is 0 Å². The molecule has 0 unspecified atom stereocenters. The zero-order valence-electron chi connectivity index (χ0n) is 13.4. The molecule has 0 saturated carbocycles. The molecule has 0 spiro atoms. The fraction of sp³-hybridized carbons (Fsp3) is 0.278. The van der Waals surface area contributed by atoms with Crippen LogP contribution in [0, 0.1) is 0 Å². The predicted octanol–water partition coefficient (Wildman–Crippen LogP) is 3.92. The summed E-state index contributed by atoms with van der Waals surface area (Å²) in [7, 11) is 1.55. The molecule has 128 valence electrons. The number of nitrogens with one attached hydrogen (secondary N) is 2. The molecule has 0 aliphatic carbocycles. The first-order valence-electron chi connectivity index (χ1n) is 7.53. The average Bonchev–Trinajstić information content (AvgIpc) is 2.58. The minimum atomic E-state index is -4.38. The van der Waals surface area contributed by atoms with E-state index in [9.17, 15) is 18.0 Å². The molecule has 2 aromatic rings. The van der Waals surface area contributed by atoms with Gasteiger partial charge in [-0.1, -0.05) is 30.3 Å². The van der Waals surface area contributed by atoms with Gasteiger partial charge in [0.2, 0.25) is 0 Å². The average molecular weight is 336 g/mol. The molecule has 3 nitrogen and oxygen atoms in total. The van der Waals surface area contributed by atoms with Crippen LogP contribution in [0.1, 0.15) is 40.0 Å². The number of amides is 1. The number of carbonyl (C=O) groups is 1. The van der Waals surface area contributed by atoms with Crippen LogP contribution in [-0.2, 0) is 12.7 Å². The van der Waals surface area contributed by atoms with Crippen LogP contribution in [0.4, 0.5) is 13.2 Å². The Morgan fingerprint density at radius 3 is 2.50 bits per heavy atom. The van der Waals surface area contributed by atoms with Crippen molar-refractivity contribution in [3.05, 3.63) is 70.8 Å². The van der Waals surface area contributed by atoms with Gasteiger partial charge in [-0.15, -0.1) is 0 Å². The second kappa shape index (κ2) is 7.49. The normalized spacial score (nSPS) is 12.7. The van der Waals surface area contributed by atoms with Crippen molar-refractivity contribution in [2.75, 3.05) is 7.05 Å². The van der Waals surface area contributed by atoms with Gasteiger partial charge in [0.1, 0.15) is 0 Å². The zero-order valence-corrected chi connectivity index (χ0v) is 13.4. The standard InChI is InChI=1S/C18H19F3N2O/c1-12(15-8-3-4-9-16(15)18(19,20)21)23-11-13-6-5-7-14(10-13)17(24)22-2/h3-10,12,23H,11H2,1-2H3,(H,22,24)/t12-/m0/s1. The third-order valence-electron chi connectivity index (χ3n) is 3.76. The molecule has 0 fully saturated rings. The summed E-state index contributed by atoms with van der Waals surface area (Å²) in [6.45, 7) is 2.05. The van der Waals surface area contributed by atoms with Crippen molar-refractivity contribution in [2.24, 2.45) is 0 Å². The van der Waals surface area contributed by atoms with E-state index in [0.717, 1.165) is 11.6 Å². The van der Waals surface area contributed by atoms with E-state index < -0.39 is 17.8 Å². The second-order valence-electron chi connectivity index (χ2n) is 5.47. The van der Waals surface area contributed by atoms with E-state index in [1.165, 1.54) is 12.1 Å². The van der Waals surface area contributed by atoms with Crippen LogP contribution in [0.2, 0.25) is 0 Å². The molecule has 1 amide bonds. The maximum Gasteiger partial charge on any atom is 0.416 e. The Hall–Kier alpha value is -2.34. The third-order valence-corrected chi connectivity index (χ3v) is 3.76. The molecular formula is C18H19F3N2O. The Balaban J connectivity index is 2.12. The minimum Gasteiger partial charge on any atom is -0.355 e. The molecule has 24 heavy (non-hydrogen) atoms. The molecule has 0 radical (unpaired) electrons. The molecule has 6 heteroatoms. The molecule has 0 saturated heterocycles. The maximum atomic E-state index is 13.1. The fourth-order valence-corrected chi connectivity index (χ4v) is 2.48. The van der Waals surface area contributed by atoms with E-state index in [0.29, 0.717) is 12.1 Å². The molecule has 0 aromatic heterocycles. The highest BCUT2D eigenvalue weighted by Gasteiger charge is 2.33. The maximum absolute atomic E-state index is 13.1. The highest BCUT2D eigenvalue weighted by Crippen LogP contribution is 2.34. The Morgan fingerprint density at radius 2 is 1.83 bits per heavy atom. The van der Waals surface area contributed by atoms with Gasteiger partial charge < -0.3 is 10.6 Å². The van der Waals surface area contributed by atoms with Gasteiger partial charge in [0, 0.05) is 25.2 Å². The van der Waals surface area contributed by atoms with Gasteiger partial charge >= 0.3 is 6.18 Å². The minimum absolute atomic E-state index is 0.201. The van der Waals surface area contributed by atoms with Gasteiger partial charge in [-0.2, -0.15) is 13.2 Å². The number of carbonyl (C=O) groups excluding carboxylic acids is 1. The summed E-state index contributed by atoms with van der Waals surface area (Å²) in [5.74, 6) is -0.202. The van der Waals surface area contributed by atoms with E-state index in [1.54, 1.807) is 38.2 Å². The largest absolute Gasteiger partial charge is 0.416 e. The molecule has 2 rings (SSSR count). The summed E-state index contributed by atoms with van der Waals surface area (Å²) in [6.07, 6.45) is -4.38.